The van der Waals surface area contributed by atoms with Gasteiger partial charge in [-0.25, -0.2) is 0 Å². The predicted octanol–water partition coefficient (Wildman–Crippen LogP) is 3.04. The Hall–Kier alpha value is -0.160. The summed E-state index contributed by atoms with van der Waals surface area (Å²) in [5, 5.41) is 2.56. The van der Waals surface area contributed by atoms with Crippen LogP contribution in [0.2, 0.25) is 0 Å². The summed E-state index contributed by atoms with van der Waals surface area (Å²) < 4.78 is -0.438. The molecule has 114 valence electrons. The number of fused-ring (bicyclic) bond motifs is 1. The summed E-state index contributed by atoms with van der Waals surface area (Å²) in [6.45, 7) is 2.20. The van der Waals surface area contributed by atoms with Crippen LogP contribution in [-0.4, -0.2) is 28.1 Å². The largest absolute Gasteiger partial charge is 0.295 e. The Labute approximate surface area is 131 Å². The Morgan fingerprint density at radius 2 is 2.10 bits per heavy atom. The molecule has 1 N–H and O–H groups in total. The first kappa shape index (κ1) is 16.2. The molecule has 0 spiro atoms. The van der Waals surface area contributed by atoms with Crippen molar-refractivity contribution >= 4 is 36.2 Å². The van der Waals surface area contributed by atoms with Crippen molar-refractivity contribution in [2.24, 2.45) is 11.8 Å². The van der Waals surface area contributed by atoms with Gasteiger partial charge in [-0.2, -0.15) is 12.6 Å². The van der Waals surface area contributed by atoms with Gasteiger partial charge in [-0.1, -0.05) is 26.2 Å². The van der Waals surface area contributed by atoms with E-state index in [0.717, 1.165) is 37.2 Å². The molecular formula is C15H25NO2S2. The van der Waals surface area contributed by atoms with Crippen LogP contribution in [0.4, 0.5) is 0 Å². The van der Waals surface area contributed by atoms with E-state index in [0.29, 0.717) is 5.92 Å². The first-order valence-electron chi connectivity index (χ1n) is 7.77. The van der Waals surface area contributed by atoms with E-state index in [1.165, 1.54) is 19.3 Å². The summed E-state index contributed by atoms with van der Waals surface area (Å²) >= 11 is 6.00. The average Bonchev–Trinajstić information content (AvgIpc) is 2.58. The molecule has 2 fully saturated rings. The standard InChI is InChI=1S/C15H25NO2S2/c1-2-3-4-5-9-20-15-11(7-6-8-19)10-12(15)13(17)16-14(15)18/h11-12,19H,2-10H2,1H3,(H,16,17,18)/t11?,12-,15+/m1/s1. The van der Waals surface area contributed by atoms with Gasteiger partial charge in [0.25, 0.3) is 0 Å². The second-order valence-corrected chi connectivity index (χ2v) is 7.69. The second kappa shape index (κ2) is 7.21. The third kappa shape index (κ3) is 2.89. The number of thiol groups is 1. The highest BCUT2D eigenvalue weighted by molar-refractivity contribution is 8.01. The number of thioether (sulfide) groups is 1. The summed E-state index contributed by atoms with van der Waals surface area (Å²) in [4.78, 5) is 24.1. The molecule has 0 bridgehead atoms. The zero-order valence-corrected chi connectivity index (χ0v) is 13.9. The van der Waals surface area contributed by atoms with Gasteiger partial charge in [0.2, 0.25) is 11.8 Å². The van der Waals surface area contributed by atoms with Gasteiger partial charge in [0.1, 0.15) is 4.75 Å². The fourth-order valence-corrected chi connectivity index (χ4v) is 5.33. The van der Waals surface area contributed by atoms with E-state index in [1.807, 2.05) is 0 Å². The Bertz CT molecular complexity index is 375. The maximum Gasteiger partial charge on any atom is 0.243 e. The summed E-state index contributed by atoms with van der Waals surface area (Å²) in [6.07, 6.45) is 7.78. The lowest BCUT2D eigenvalue weighted by Gasteiger charge is -2.48. The first-order valence-corrected chi connectivity index (χ1v) is 9.38. The van der Waals surface area contributed by atoms with Crippen molar-refractivity contribution in [3.63, 3.8) is 0 Å². The molecule has 2 amide bonds. The van der Waals surface area contributed by atoms with E-state index in [2.05, 4.69) is 24.9 Å². The molecule has 3 nitrogen and oxygen atoms in total. The summed E-state index contributed by atoms with van der Waals surface area (Å²) in [5.41, 5.74) is 0. The molecule has 0 radical (unpaired) electrons. The van der Waals surface area contributed by atoms with Crippen molar-refractivity contribution in [1.82, 2.24) is 5.32 Å². The molecule has 1 aliphatic heterocycles. The normalized spacial score (nSPS) is 31.9. The lowest BCUT2D eigenvalue weighted by molar-refractivity contribution is -0.125. The van der Waals surface area contributed by atoms with Gasteiger partial charge in [-0.3, -0.25) is 14.9 Å². The highest BCUT2D eigenvalue weighted by Gasteiger charge is 2.66. The molecule has 0 aromatic heterocycles. The number of hydrogen-bond donors (Lipinski definition) is 2. The predicted molar refractivity (Wildman–Crippen MR) is 87.2 cm³/mol. The molecule has 0 aromatic carbocycles. The highest BCUT2D eigenvalue weighted by atomic mass is 32.2. The molecular weight excluding hydrogens is 290 g/mol. The molecule has 2 rings (SSSR count). The number of rotatable bonds is 9. The minimum Gasteiger partial charge on any atom is -0.295 e. The Balaban J connectivity index is 1.93. The molecule has 1 saturated carbocycles. The number of carbonyl (C=O) groups is 2. The van der Waals surface area contributed by atoms with Crippen LogP contribution in [-0.2, 0) is 9.59 Å². The van der Waals surface area contributed by atoms with Crippen LogP contribution in [0, 0.1) is 11.8 Å². The monoisotopic (exact) mass is 315 g/mol. The number of carbonyl (C=O) groups excluding carboxylic acids is 2. The van der Waals surface area contributed by atoms with Crippen LogP contribution >= 0.6 is 24.4 Å². The summed E-state index contributed by atoms with van der Waals surface area (Å²) in [5.74, 6) is 2.07. The second-order valence-electron chi connectivity index (χ2n) is 5.87. The smallest absolute Gasteiger partial charge is 0.243 e. The van der Waals surface area contributed by atoms with Gasteiger partial charge in [-0.15, -0.1) is 11.8 Å². The Morgan fingerprint density at radius 3 is 2.75 bits per heavy atom. The van der Waals surface area contributed by atoms with Crippen molar-refractivity contribution in [2.45, 2.75) is 56.6 Å². The lowest BCUT2D eigenvalue weighted by Crippen LogP contribution is -2.56. The minimum atomic E-state index is -0.438. The number of nitrogens with one attached hydrogen (secondary N) is 1. The summed E-state index contributed by atoms with van der Waals surface area (Å²) in [7, 11) is 0. The van der Waals surface area contributed by atoms with Crippen molar-refractivity contribution in [3.8, 4) is 0 Å². The molecule has 1 aliphatic carbocycles. The van der Waals surface area contributed by atoms with E-state index in [4.69, 9.17) is 0 Å². The quantitative estimate of drug-likeness (QED) is 0.390. The SMILES string of the molecule is CCCCCCS[C@]12C(=O)NC(=O)[C@H]1CC2CCCS. The van der Waals surface area contributed by atoms with Gasteiger partial charge in [-0.05, 0) is 43.1 Å². The number of amides is 2. The van der Waals surface area contributed by atoms with E-state index < -0.39 is 4.75 Å². The zero-order valence-electron chi connectivity index (χ0n) is 12.2. The molecule has 1 saturated heterocycles. The first-order chi connectivity index (χ1) is 9.66. The van der Waals surface area contributed by atoms with E-state index in [9.17, 15) is 9.59 Å². The van der Waals surface area contributed by atoms with Crippen LogP contribution in [0.5, 0.6) is 0 Å². The molecule has 5 heteroatoms. The Morgan fingerprint density at radius 1 is 1.30 bits per heavy atom. The van der Waals surface area contributed by atoms with Crippen molar-refractivity contribution in [2.75, 3.05) is 11.5 Å². The zero-order chi connectivity index (χ0) is 14.6. The van der Waals surface area contributed by atoms with Gasteiger partial charge in [0.05, 0.1) is 5.92 Å². The van der Waals surface area contributed by atoms with Crippen LogP contribution in [0.1, 0.15) is 51.9 Å². The van der Waals surface area contributed by atoms with Crippen LogP contribution < -0.4 is 5.32 Å². The number of unbranched alkanes of at least 4 members (excludes halogenated alkanes) is 3. The van der Waals surface area contributed by atoms with Crippen molar-refractivity contribution < 1.29 is 9.59 Å². The Kier molecular flexibility index (Phi) is 5.84. The highest BCUT2D eigenvalue weighted by Crippen LogP contribution is 2.58. The van der Waals surface area contributed by atoms with Gasteiger partial charge >= 0.3 is 0 Å². The van der Waals surface area contributed by atoms with Gasteiger partial charge in [0, 0.05) is 0 Å². The fourth-order valence-electron chi connectivity index (χ4n) is 3.42. The van der Waals surface area contributed by atoms with Crippen LogP contribution in [0.15, 0.2) is 0 Å². The van der Waals surface area contributed by atoms with Crippen molar-refractivity contribution in [3.05, 3.63) is 0 Å². The maximum atomic E-state index is 12.3. The van der Waals surface area contributed by atoms with Crippen LogP contribution in [0.3, 0.4) is 0 Å². The molecule has 3 atom stereocenters. The van der Waals surface area contributed by atoms with E-state index in [-0.39, 0.29) is 17.7 Å². The molecule has 20 heavy (non-hydrogen) atoms. The average molecular weight is 316 g/mol. The van der Waals surface area contributed by atoms with Gasteiger partial charge in [0.15, 0.2) is 0 Å². The third-order valence-electron chi connectivity index (χ3n) is 4.60. The lowest BCUT2D eigenvalue weighted by atomic mass is 9.63. The van der Waals surface area contributed by atoms with Crippen molar-refractivity contribution in [1.29, 1.82) is 0 Å². The molecule has 2 aliphatic rings. The van der Waals surface area contributed by atoms with E-state index >= 15 is 0 Å². The number of hydrogen-bond acceptors (Lipinski definition) is 4. The topological polar surface area (TPSA) is 46.2 Å². The fraction of sp³-hybridized carbons (Fsp3) is 0.867. The van der Waals surface area contributed by atoms with Gasteiger partial charge < -0.3 is 0 Å². The maximum absolute atomic E-state index is 12.3. The molecule has 0 aromatic rings. The van der Waals surface area contributed by atoms with Crippen LogP contribution in [0.25, 0.3) is 0 Å². The molecule has 1 unspecified atom stereocenters. The third-order valence-corrected chi connectivity index (χ3v) is 6.69. The minimum absolute atomic E-state index is 0.0246. The van der Waals surface area contributed by atoms with E-state index in [1.54, 1.807) is 11.8 Å². The molecule has 1 heterocycles. The number of imide groups is 1. The summed E-state index contributed by atoms with van der Waals surface area (Å²) in [6, 6.07) is 0.